The Morgan fingerprint density at radius 2 is 2.28 bits per heavy atom. The second kappa shape index (κ2) is 5.70. The highest BCUT2D eigenvalue weighted by molar-refractivity contribution is 7.09. The third-order valence-electron chi connectivity index (χ3n) is 2.39. The maximum Gasteiger partial charge on any atom is 0.335 e. The first-order chi connectivity index (χ1) is 8.66. The van der Waals surface area contributed by atoms with Crippen molar-refractivity contribution < 1.29 is 14.3 Å². The fraction of sp³-hybridized carbons (Fsp3) is 0.167. The van der Waals surface area contributed by atoms with Crippen molar-refractivity contribution >= 4 is 17.3 Å². The molecule has 0 aliphatic carbocycles. The van der Waals surface area contributed by atoms with E-state index in [1.807, 2.05) is 0 Å². The van der Waals surface area contributed by atoms with Crippen LogP contribution in [-0.4, -0.2) is 16.1 Å². The molecule has 0 fully saturated rings. The lowest BCUT2D eigenvalue weighted by atomic mass is 10.1. The van der Waals surface area contributed by atoms with Crippen molar-refractivity contribution in [3.63, 3.8) is 0 Å². The van der Waals surface area contributed by atoms with Crippen LogP contribution in [0.3, 0.4) is 0 Å². The molecule has 0 bridgehead atoms. The molecule has 2 aromatic rings. The number of carboxylic acid groups (broad SMARTS) is 1. The molecule has 0 spiro atoms. The summed E-state index contributed by atoms with van der Waals surface area (Å²) in [4.78, 5) is 15.8. The number of halogens is 1. The predicted molar refractivity (Wildman–Crippen MR) is 66.0 cm³/mol. The van der Waals surface area contributed by atoms with E-state index in [4.69, 9.17) is 5.11 Å². The summed E-state index contributed by atoms with van der Waals surface area (Å²) in [7, 11) is 0. The number of carbonyl (C=O) groups is 1. The van der Waals surface area contributed by atoms with E-state index in [2.05, 4.69) is 10.3 Å². The minimum Gasteiger partial charge on any atom is -0.478 e. The monoisotopic (exact) mass is 266 g/mol. The number of nitrogens with zero attached hydrogens (tertiary/aromatic N) is 1. The van der Waals surface area contributed by atoms with Gasteiger partial charge in [-0.1, -0.05) is 0 Å². The maximum atomic E-state index is 13.5. The van der Waals surface area contributed by atoms with Crippen LogP contribution in [0.5, 0.6) is 0 Å². The number of benzene rings is 1. The number of hydrogen-bond donors (Lipinski definition) is 2. The number of hydrogen-bond acceptors (Lipinski definition) is 4. The van der Waals surface area contributed by atoms with Gasteiger partial charge in [0, 0.05) is 29.7 Å². The van der Waals surface area contributed by atoms with E-state index in [1.165, 1.54) is 29.5 Å². The summed E-state index contributed by atoms with van der Waals surface area (Å²) in [6.45, 7) is 0.867. The first kappa shape index (κ1) is 12.7. The van der Waals surface area contributed by atoms with Crippen molar-refractivity contribution in [2.45, 2.75) is 13.1 Å². The minimum atomic E-state index is -1.06. The van der Waals surface area contributed by atoms with Crippen LogP contribution < -0.4 is 5.32 Å². The molecular formula is C12H11FN2O2S. The number of aromatic nitrogens is 1. The Morgan fingerprint density at radius 3 is 2.94 bits per heavy atom. The van der Waals surface area contributed by atoms with Gasteiger partial charge in [0.2, 0.25) is 0 Å². The van der Waals surface area contributed by atoms with Gasteiger partial charge >= 0.3 is 5.97 Å². The van der Waals surface area contributed by atoms with Crippen molar-refractivity contribution in [1.82, 2.24) is 10.3 Å². The average molecular weight is 266 g/mol. The van der Waals surface area contributed by atoms with Crippen LogP contribution in [0.1, 0.15) is 20.8 Å². The smallest absolute Gasteiger partial charge is 0.335 e. The van der Waals surface area contributed by atoms with Gasteiger partial charge in [0.05, 0.1) is 11.1 Å². The van der Waals surface area contributed by atoms with E-state index < -0.39 is 11.8 Å². The summed E-state index contributed by atoms with van der Waals surface area (Å²) in [5, 5.41) is 11.9. The molecular weight excluding hydrogens is 255 g/mol. The normalized spacial score (nSPS) is 10.5. The molecule has 4 nitrogen and oxygen atoms in total. The summed E-state index contributed by atoms with van der Waals surface area (Å²) in [6.07, 6.45) is 1.74. The van der Waals surface area contributed by atoms with Gasteiger partial charge in [-0.2, -0.15) is 0 Å². The Labute approximate surface area is 107 Å². The standard InChI is InChI=1S/C12H11FN2O2S/c13-11-2-1-8(12(16)17)3-9(11)4-14-5-10-6-15-7-18-10/h1-3,6-7,14H,4-5H2,(H,16,17). The van der Waals surface area contributed by atoms with Gasteiger partial charge in [-0.25, -0.2) is 9.18 Å². The van der Waals surface area contributed by atoms with Crippen LogP contribution in [0.15, 0.2) is 29.9 Å². The SMILES string of the molecule is O=C(O)c1ccc(F)c(CNCc2cncs2)c1. The lowest BCUT2D eigenvalue weighted by Gasteiger charge is -2.05. The summed E-state index contributed by atoms with van der Waals surface area (Å²) in [6, 6.07) is 3.77. The molecule has 94 valence electrons. The molecule has 2 rings (SSSR count). The van der Waals surface area contributed by atoms with Crippen molar-refractivity contribution in [2.75, 3.05) is 0 Å². The first-order valence-electron chi connectivity index (χ1n) is 5.26. The zero-order valence-electron chi connectivity index (χ0n) is 9.39. The molecule has 0 aliphatic heterocycles. The molecule has 0 aliphatic rings. The van der Waals surface area contributed by atoms with Crippen LogP contribution in [0.25, 0.3) is 0 Å². The largest absolute Gasteiger partial charge is 0.478 e. The zero-order chi connectivity index (χ0) is 13.0. The molecule has 6 heteroatoms. The summed E-state index contributed by atoms with van der Waals surface area (Å²) >= 11 is 1.51. The summed E-state index contributed by atoms with van der Waals surface area (Å²) < 4.78 is 13.5. The molecule has 0 unspecified atom stereocenters. The Balaban J connectivity index is 2.00. The Hall–Kier alpha value is -1.79. The minimum absolute atomic E-state index is 0.0889. The van der Waals surface area contributed by atoms with Gasteiger partial charge in [0.1, 0.15) is 5.82 Å². The number of rotatable bonds is 5. The van der Waals surface area contributed by atoms with E-state index in [0.29, 0.717) is 12.1 Å². The van der Waals surface area contributed by atoms with Crippen LogP contribution in [0, 0.1) is 5.82 Å². The third-order valence-corrected chi connectivity index (χ3v) is 3.17. The van der Waals surface area contributed by atoms with E-state index in [1.54, 1.807) is 11.7 Å². The van der Waals surface area contributed by atoms with Gasteiger partial charge in [-0.05, 0) is 18.2 Å². The van der Waals surface area contributed by atoms with Gasteiger partial charge in [0.15, 0.2) is 0 Å². The van der Waals surface area contributed by atoms with Gasteiger partial charge in [-0.15, -0.1) is 11.3 Å². The molecule has 2 N–H and O–H groups in total. The van der Waals surface area contributed by atoms with E-state index >= 15 is 0 Å². The van der Waals surface area contributed by atoms with Crippen molar-refractivity contribution in [3.05, 3.63) is 51.7 Å². The third kappa shape index (κ3) is 3.12. The van der Waals surface area contributed by atoms with Crippen molar-refractivity contribution in [2.24, 2.45) is 0 Å². The number of aromatic carboxylic acids is 1. The molecule has 0 amide bonds. The molecule has 1 heterocycles. The Morgan fingerprint density at radius 1 is 1.44 bits per heavy atom. The summed E-state index contributed by atoms with van der Waals surface area (Å²) in [5.74, 6) is -1.46. The van der Waals surface area contributed by atoms with Crippen molar-refractivity contribution in [1.29, 1.82) is 0 Å². The van der Waals surface area contributed by atoms with Gasteiger partial charge < -0.3 is 10.4 Å². The number of carboxylic acids is 1. The van der Waals surface area contributed by atoms with E-state index in [9.17, 15) is 9.18 Å². The molecule has 0 saturated heterocycles. The topological polar surface area (TPSA) is 62.2 Å². The second-order valence-electron chi connectivity index (χ2n) is 3.68. The van der Waals surface area contributed by atoms with Gasteiger partial charge in [0.25, 0.3) is 0 Å². The lowest BCUT2D eigenvalue weighted by molar-refractivity contribution is 0.0696. The summed E-state index contributed by atoms with van der Waals surface area (Å²) in [5.41, 5.74) is 2.16. The molecule has 18 heavy (non-hydrogen) atoms. The van der Waals surface area contributed by atoms with E-state index in [-0.39, 0.29) is 12.1 Å². The molecule has 0 atom stereocenters. The molecule has 1 aromatic carbocycles. The maximum absolute atomic E-state index is 13.5. The molecule has 1 aromatic heterocycles. The fourth-order valence-electron chi connectivity index (χ4n) is 1.49. The highest BCUT2D eigenvalue weighted by atomic mass is 32.1. The lowest BCUT2D eigenvalue weighted by Crippen LogP contribution is -2.13. The Bertz CT molecular complexity index is 543. The van der Waals surface area contributed by atoms with Crippen LogP contribution in [-0.2, 0) is 13.1 Å². The molecule has 0 saturated carbocycles. The van der Waals surface area contributed by atoms with Crippen LogP contribution >= 0.6 is 11.3 Å². The Kier molecular flexibility index (Phi) is 4.01. The molecule has 0 radical (unpaired) electrons. The van der Waals surface area contributed by atoms with Crippen molar-refractivity contribution in [3.8, 4) is 0 Å². The average Bonchev–Trinajstić information content (AvgIpc) is 2.84. The van der Waals surface area contributed by atoms with E-state index in [0.717, 1.165) is 4.88 Å². The van der Waals surface area contributed by atoms with Gasteiger partial charge in [-0.3, -0.25) is 4.98 Å². The highest BCUT2D eigenvalue weighted by Crippen LogP contribution is 2.11. The highest BCUT2D eigenvalue weighted by Gasteiger charge is 2.08. The second-order valence-corrected chi connectivity index (χ2v) is 4.65. The van der Waals surface area contributed by atoms with Crippen LogP contribution in [0.2, 0.25) is 0 Å². The number of thiazole rings is 1. The zero-order valence-corrected chi connectivity index (χ0v) is 10.2. The first-order valence-corrected chi connectivity index (χ1v) is 6.14. The van der Waals surface area contributed by atoms with Crippen LogP contribution in [0.4, 0.5) is 4.39 Å². The quantitative estimate of drug-likeness (QED) is 0.871. The number of nitrogens with one attached hydrogen (secondary N) is 1. The fourth-order valence-corrected chi connectivity index (χ4v) is 2.06. The predicted octanol–water partition coefficient (Wildman–Crippen LogP) is 2.27.